The molecule has 18 heavy (non-hydrogen) atoms. The summed E-state index contributed by atoms with van der Waals surface area (Å²) in [6, 6.07) is 6.10. The van der Waals surface area contributed by atoms with Crippen molar-refractivity contribution in [3.63, 3.8) is 0 Å². The van der Waals surface area contributed by atoms with Crippen LogP contribution >= 0.6 is 11.6 Å². The molecule has 1 spiro atoms. The summed E-state index contributed by atoms with van der Waals surface area (Å²) in [6.45, 7) is 0. The summed E-state index contributed by atoms with van der Waals surface area (Å²) >= 11 is 6.33. The smallest absolute Gasteiger partial charge is 0.144 e. The van der Waals surface area contributed by atoms with Crippen LogP contribution in [0, 0.1) is 5.92 Å². The van der Waals surface area contributed by atoms with Crippen molar-refractivity contribution in [2.75, 3.05) is 0 Å². The Hall–Kier alpha value is -1.08. The molecular formula is C16H15ClO. The largest absolute Gasteiger partial charge is 0.299 e. The third-order valence-corrected chi connectivity index (χ3v) is 5.46. The lowest BCUT2D eigenvalue weighted by Crippen LogP contribution is -2.43. The monoisotopic (exact) mass is 258 g/mol. The van der Waals surface area contributed by atoms with Crippen molar-refractivity contribution >= 4 is 17.4 Å². The second-order valence-electron chi connectivity index (χ2n) is 5.84. The van der Waals surface area contributed by atoms with Gasteiger partial charge in [0.15, 0.2) is 0 Å². The summed E-state index contributed by atoms with van der Waals surface area (Å²) in [6.07, 6.45) is 6.97. The van der Waals surface area contributed by atoms with E-state index in [-0.39, 0.29) is 5.41 Å². The number of hydrogen-bond donors (Lipinski definition) is 0. The summed E-state index contributed by atoms with van der Waals surface area (Å²) in [7, 11) is 0. The molecular weight excluding hydrogens is 244 g/mol. The fourth-order valence-electron chi connectivity index (χ4n) is 4.30. The van der Waals surface area contributed by atoms with Crippen molar-refractivity contribution in [2.24, 2.45) is 5.92 Å². The molecule has 2 unspecified atom stereocenters. The van der Waals surface area contributed by atoms with E-state index in [0.29, 0.717) is 18.1 Å². The van der Waals surface area contributed by atoms with E-state index in [1.807, 2.05) is 12.1 Å². The van der Waals surface area contributed by atoms with Crippen LogP contribution in [0.1, 0.15) is 36.8 Å². The number of Topliss-reactive ketones (excluding diaryl/α,β-unsaturated/α-hetero) is 1. The Bertz CT molecular complexity index is 587. The van der Waals surface area contributed by atoms with Gasteiger partial charge in [0.25, 0.3) is 0 Å². The highest BCUT2D eigenvalue weighted by Crippen LogP contribution is 2.57. The maximum atomic E-state index is 12.6. The van der Waals surface area contributed by atoms with Crippen LogP contribution in [0.4, 0.5) is 0 Å². The fraction of sp³-hybridized carbons (Fsp3) is 0.438. The maximum Gasteiger partial charge on any atom is 0.144 e. The number of ketones is 1. The molecule has 1 aromatic rings. The highest BCUT2D eigenvalue weighted by Gasteiger charge is 2.55. The van der Waals surface area contributed by atoms with Gasteiger partial charge in [0.2, 0.25) is 0 Å². The predicted molar refractivity (Wildman–Crippen MR) is 71.9 cm³/mol. The summed E-state index contributed by atoms with van der Waals surface area (Å²) in [5, 5.41) is 0.844. The first-order valence-electron chi connectivity index (χ1n) is 6.71. The lowest BCUT2D eigenvalue weighted by molar-refractivity contribution is -0.126. The van der Waals surface area contributed by atoms with Gasteiger partial charge in [0.05, 0.1) is 5.41 Å². The number of fused-ring (bicyclic) bond motifs is 5. The fourth-order valence-corrected chi connectivity index (χ4v) is 4.57. The van der Waals surface area contributed by atoms with E-state index in [0.717, 1.165) is 30.7 Å². The first kappa shape index (κ1) is 10.8. The number of allylic oxidation sites excluding steroid dienone is 2. The molecule has 0 radical (unpaired) electrons. The van der Waals surface area contributed by atoms with Crippen LogP contribution in [0.5, 0.6) is 0 Å². The second kappa shape index (κ2) is 3.48. The van der Waals surface area contributed by atoms with Crippen molar-refractivity contribution in [3.8, 4) is 0 Å². The molecule has 1 fully saturated rings. The molecule has 3 aliphatic carbocycles. The van der Waals surface area contributed by atoms with E-state index in [1.165, 1.54) is 16.7 Å². The Morgan fingerprint density at radius 2 is 2.17 bits per heavy atom. The molecule has 4 rings (SSSR count). The Balaban J connectivity index is 1.97. The summed E-state index contributed by atoms with van der Waals surface area (Å²) in [5.41, 5.74) is 3.73. The SMILES string of the molecule is O=C1CCc2c(Cl)cccc2C12CC1=CCC2C1. The molecule has 1 nitrogen and oxygen atoms in total. The molecule has 0 amide bonds. The van der Waals surface area contributed by atoms with Crippen LogP contribution < -0.4 is 0 Å². The third-order valence-electron chi connectivity index (χ3n) is 5.10. The van der Waals surface area contributed by atoms with Crippen LogP contribution in [-0.2, 0) is 16.6 Å². The molecule has 92 valence electrons. The average molecular weight is 259 g/mol. The highest BCUT2D eigenvalue weighted by atomic mass is 35.5. The molecule has 0 aliphatic heterocycles. The van der Waals surface area contributed by atoms with E-state index < -0.39 is 0 Å². The van der Waals surface area contributed by atoms with E-state index >= 15 is 0 Å². The van der Waals surface area contributed by atoms with Gasteiger partial charge in [0, 0.05) is 11.4 Å². The minimum Gasteiger partial charge on any atom is -0.299 e. The maximum absolute atomic E-state index is 12.6. The average Bonchev–Trinajstić information content (AvgIpc) is 2.96. The standard InChI is InChI=1S/C16H15ClO/c17-14-3-1-2-13-12(14)6-7-15(18)16(13)9-10-4-5-11(16)8-10/h1-4,11H,5-9H2. The molecule has 0 aromatic heterocycles. The molecule has 2 bridgehead atoms. The molecule has 0 N–H and O–H groups in total. The zero-order valence-electron chi connectivity index (χ0n) is 10.2. The molecule has 0 heterocycles. The lowest BCUT2D eigenvalue weighted by atomic mass is 9.62. The first-order chi connectivity index (χ1) is 8.72. The van der Waals surface area contributed by atoms with E-state index in [4.69, 9.17) is 11.6 Å². The molecule has 1 aromatic carbocycles. The quantitative estimate of drug-likeness (QED) is 0.647. The van der Waals surface area contributed by atoms with Gasteiger partial charge in [-0.05, 0) is 48.8 Å². The second-order valence-corrected chi connectivity index (χ2v) is 6.24. The Labute approximate surface area is 112 Å². The van der Waals surface area contributed by atoms with Gasteiger partial charge < -0.3 is 0 Å². The van der Waals surface area contributed by atoms with Gasteiger partial charge in [0.1, 0.15) is 5.78 Å². The molecule has 0 saturated heterocycles. The van der Waals surface area contributed by atoms with Crippen molar-refractivity contribution in [1.29, 1.82) is 0 Å². The third kappa shape index (κ3) is 1.16. The molecule has 1 saturated carbocycles. The topological polar surface area (TPSA) is 17.1 Å². The van der Waals surface area contributed by atoms with Gasteiger partial charge in [-0.1, -0.05) is 35.4 Å². The van der Waals surface area contributed by atoms with Crippen LogP contribution in [0.25, 0.3) is 0 Å². The van der Waals surface area contributed by atoms with Crippen molar-refractivity contribution in [2.45, 2.75) is 37.5 Å². The molecule has 2 heteroatoms. The number of halogens is 1. The predicted octanol–water partition coefficient (Wildman–Crippen LogP) is 3.83. The number of carbonyl (C=O) groups excluding carboxylic acids is 1. The molecule has 3 aliphatic rings. The van der Waals surface area contributed by atoms with Crippen LogP contribution in [-0.4, -0.2) is 5.78 Å². The summed E-state index contributed by atoms with van der Waals surface area (Å²) in [5.74, 6) is 0.947. The van der Waals surface area contributed by atoms with Gasteiger partial charge >= 0.3 is 0 Å². The van der Waals surface area contributed by atoms with Crippen LogP contribution in [0.3, 0.4) is 0 Å². The van der Waals surface area contributed by atoms with Crippen LogP contribution in [0.2, 0.25) is 5.02 Å². The molecule has 2 atom stereocenters. The Kier molecular flexibility index (Phi) is 2.09. The van der Waals surface area contributed by atoms with Gasteiger partial charge in [-0.25, -0.2) is 0 Å². The lowest BCUT2D eigenvalue weighted by Gasteiger charge is -2.40. The minimum absolute atomic E-state index is 0.220. The number of rotatable bonds is 0. The zero-order valence-corrected chi connectivity index (χ0v) is 11.0. The number of benzene rings is 1. The van der Waals surface area contributed by atoms with E-state index in [9.17, 15) is 4.79 Å². The Morgan fingerprint density at radius 1 is 1.28 bits per heavy atom. The minimum atomic E-state index is -0.220. The highest BCUT2D eigenvalue weighted by molar-refractivity contribution is 6.31. The van der Waals surface area contributed by atoms with Crippen molar-refractivity contribution in [1.82, 2.24) is 0 Å². The van der Waals surface area contributed by atoms with Gasteiger partial charge in [-0.2, -0.15) is 0 Å². The number of carbonyl (C=O) groups is 1. The van der Waals surface area contributed by atoms with Crippen molar-refractivity contribution < 1.29 is 4.79 Å². The van der Waals surface area contributed by atoms with Crippen molar-refractivity contribution in [3.05, 3.63) is 46.0 Å². The first-order valence-corrected chi connectivity index (χ1v) is 7.08. The van der Waals surface area contributed by atoms with Gasteiger partial charge in [-0.3, -0.25) is 4.79 Å². The van der Waals surface area contributed by atoms with E-state index in [1.54, 1.807) is 0 Å². The van der Waals surface area contributed by atoms with Crippen LogP contribution in [0.15, 0.2) is 29.8 Å². The summed E-state index contributed by atoms with van der Waals surface area (Å²) in [4.78, 5) is 12.6. The normalized spacial score (nSPS) is 32.8. The van der Waals surface area contributed by atoms with E-state index in [2.05, 4.69) is 12.1 Å². The van der Waals surface area contributed by atoms with Gasteiger partial charge in [-0.15, -0.1) is 0 Å². The summed E-state index contributed by atoms with van der Waals surface area (Å²) < 4.78 is 0. The number of hydrogen-bond acceptors (Lipinski definition) is 1. The Morgan fingerprint density at radius 3 is 2.89 bits per heavy atom. The zero-order chi connectivity index (χ0) is 12.3.